The minimum atomic E-state index is -2.79. The fourth-order valence-corrected chi connectivity index (χ4v) is 2.99. The molecule has 0 aromatic heterocycles. The largest absolute Gasteiger partial charge is 0.325 e. The summed E-state index contributed by atoms with van der Waals surface area (Å²) >= 11 is 0. The van der Waals surface area contributed by atoms with E-state index in [2.05, 4.69) is 0 Å². The predicted octanol–water partition coefficient (Wildman–Crippen LogP) is 1.47. The summed E-state index contributed by atoms with van der Waals surface area (Å²) in [5, 5.41) is 0. The molecule has 1 aliphatic rings. The second kappa shape index (κ2) is 4.62. The van der Waals surface area contributed by atoms with Crippen molar-refractivity contribution in [2.75, 3.05) is 11.5 Å². The standard InChI is InChI=1S/C10H21NO2S/c1-2-14(12,13)9-5-8-10(11)6-3-4-7-10/h2-9,11H2,1H3. The maximum absolute atomic E-state index is 11.2. The molecule has 0 atom stereocenters. The first-order chi connectivity index (χ1) is 6.47. The van der Waals surface area contributed by atoms with Gasteiger partial charge in [-0.25, -0.2) is 8.42 Å². The van der Waals surface area contributed by atoms with Crippen molar-refractivity contribution in [3.8, 4) is 0 Å². The first kappa shape index (κ1) is 12.0. The van der Waals surface area contributed by atoms with Crippen LogP contribution in [0.3, 0.4) is 0 Å². The molecule has 14 heavy (non-hydrogen) atoms. The molecule has 0 radical (unpaired) electrons. The summed E-state index contributed by atoms with van der Waals surface area (Å²) in [6.45, 7) is 1.70. The van der Waals surface area contributed by atoms with E-state index in [1.807, 2.05) is 0 Å². The molecular formula is C10H21NO2S. The van der Waals surface area contributed by atoms with Crippen molar-refractivity contribution in [3.63, 3.8) is 0 Å². The third-order valence-corrected chi connectivity index (χ3v) is 4.96. The summed E-state index contributed by atoms with van der Waals surface area (Å²) < 4.78 is 22.5. The Bertz CT molecular complexity index is 266. The van der Waals surface area contributed by atoms with E-state index in [-0.39, 0.29) is 11.3 Å². The summed E-state index contributed by atoms with van der Waals surface area (Å²) in [5.74, 6) is 0.563. The Hall–Kier alpha value is -0.0900. The minimum absolute atomic E-state index is 0.0523. The SMILES string of the molecule is CCS(=O)(=O)CCCC1(N)CCCC1. The van der Waals surface area contributed by atoms with Crippen molar-refractivity contribution in [2.24, 2.45) is 5.73 Å². The van der Waals surface area contributed by atoms with Crippen LogP contribution in [0.1, 0.15) is 45.4 Å². The zero-order valence-electron chi connectivity index (χ0n) is 8.96. The highest BCUT2D eigenvalue weighted by molar-refractivity contribution is 7.91. The van der Waals surface area contributed by atoms with Crippen molar-refractivity contribution in [3.05, 3.63) is 0 Å². The van der Waals surface area contributed by atoms with Crippen molar-refractivity contribution < 1.29 is 8.42 Å². The Kier molecular flexibility index (Phi) is 3.95. The molecule has 1 rings (SSSR count). The molecule has 1 fully saturated rings. The molecule has 0 amide bonds. The summed E-state index contributed by atoms with van der Waals surface area (Å²) in [6.07, 6.45) is 6.14. The van der Waals surface area contributed by atoms with Gasteiger partial charge in [-0.3, -0.25) is 0 Å². The zero-order chi connectivity index (χ0) is 10.7. The molecule has 84 valence electrons. The van der Waals surface area contributed by atoms with Gasteiger partial charge in [0.25, 0.3) is 0 Å². The van der Waals surface area contributed by atoms with Crippen LogP contribution in [0.5, 0.6) is 0 Å². The Morgan fingerprint density at radius 1 is 1.29 bits per heavy atom. The number of hydrogen-bond acceptors (Lipinski definition) is 3. The molecule has 0 saturated heterocycles. The number of nitrogens with two attached hydrogens (primary N) is 1. The van der Waals surface area contributed by atoms with Gasteiger partial charge in [0, 0.05) is 11.3 Å². The van der Waals surface area contributed by atoms with Gasteiger partial charge in [-0.2, -0.15) is 0 Å². The fraction of sp³-hybridized carbons (Fsp3) is 1.00. The molecular weight excluding hydrogens is 198 g/mol. The van der Waals surface area contributed by atoms with Crippen molar-refractivity contribution in [1.29, 1.82) is 0 Å². The average molecular weight is 219 g/mol. The predicted molar refractivity (Wildman–Crippen MR) is 58.9 cm³/mol. The van der Waals surface area contributed by atoms with Crippen LogP contribution in [0.2, 0.25) is 0 Å². The lowest BCUT2D eigenvalue weighted by Gasteiger charge is -2.22. The van der Waals surface area contributed by atoms with Gasteiger partial charge in [0.2, 0.25) is 0 Å². The summed E-state index contributed by atoms with van der Waals surface area (Å²) in [5.41, 5.74) is 6.08. The maximum Gasteiger partial charge on any atom is 0.150 e. The van der Waals surface area contributed by atoms with E-state index in [4.69, 9.17) is 5.73 Å². The third-order valence-electron chi connectivity index (χ3n) is 3.17. The maximum atomic E-state index is 11.2. The third kappa shape index (κ3) is 3.58. The lowest BCUT2D eigenvalue weighted by atomic mass is 9.93. The van der Waals surface area contributed by atoms with Crippen molar-refractivity contribution in [2.45, 2.75) is 51.0 Å². The lowest BCUT2D eigenvalue weighted by molar-refractivity contribution is 0.401. The van der Waals surface area contributed by atoms with Crippen molar-refractivity contribution in [1.82, 2.24) is 0 Å². The fourth-order valence-electron chi connectivity index (χ4n) is 2.12. The van der Waals surface area contributed by atoms with E-state index in [9.17, 15) is 8.42 Å². The summed E-state index contributed by atoms with van der Waals surface area (Å²) in [7, 11) is -2.79. The number of sulfone groups is 1. The molecule has 0 unspecified atom stereocenters. The monoisotopic (exact) mass is 219 g/mol. The molecule has 0 bridgehead atoms. The molecule has 1 aliphatic carbocycles. The van der Waals surface area contributed by atoms with Gasteiger partial charge in [0.1, 0.15) is 9.84 Å². The van der Waals surface area contributed by atoms with E-state index >= 15 is 0 Å². The number of rotatable bonds is 5. The van der Waals surface area contributed by atoms with Gasteiger partial charge >= 0.3 is 0 Å². The van der Waals surface area contributed by atoms with Gasteiger partial charge in [-0.05, 0) is 25.7 Å². The molecule has 0 spiro atoms. The molecule has 2 N–H and O–H groups in total. The van der Waals surface area contributed by atoms with E-state index < -0.39 is 9.84 Å². The number of hydrogen-bond donors (Lipinski definition) is 1. The first-order valence-corrected chi connectivity index (χ1v) is 7.29. The van der Waals surface area contributed by atoms with Gasteiger partial charge < -0.3 is 5.73 Å². The van der Waals surface area contributed by atoms with E-state index in [1.54, 1.807) is 6.92 Å². The molecule has 0 heterocycles. The van der Waals surface area contributed by atoms with Crippen LogP contribution >= 0.6 is 0 Å². The summed E-state index contributed by atoms with van der Waals surface area (Å²) in [4.78, 5) is 0. The highest BCUT2D eigenvalue weighted by Gasteiger charge is 2.28. The molecule has 0 aromatic carbocycles. The van der Waals surface area contributed by atoms with Crippen LogP contribution in [-0.2, 0) is 9.84 Å². The Balaban J connectivity index is 2.27. The van der Waals surface area contributed by atoms with Crippen LogP contribution in [-0.4, -0.2) is 25.5 Å². The van der Waals surface area contributed by atoms with Crippen LogP contribution in [0.15, 0.2) is 0 Å². The van der Waals surface area contributed by atoms with Crippen LogP contribution < -0.4 is 5.73 Å². The topological polar surface area (TPSA) is 60.2 Å². The van der Waals surface area contributed by atoms with Crippen LogP contribution in [0, 0.1) is 0 Å². The highest BCUT2D eigenvalue weighted by Crippen LogP contribution is 2.31. The second-order valence-electron chi connectivity index (χ2n) is 4.41. The Morgan fingerprint density at radius 2 is 1.86 bits per heavy atom. The second-order valence-corrected chi connectivity index (χ2v) is 6.88. The Labute approximate surface area is 87.0 Å². The smallest absolute Gasteiger partial charge is 0.150 e. The molecule has 3 nitrogen and oxygen atoms in total. The van der Waals surface area contributed by atoms with E-state index in [1.165, 1.54) is 12.8 Å². The van der Waals surface area contributed by atoms with Gasteiger partial charge in [0.05, 0.1) is 5.75 Å². The highest BCUT2D eigenvalue weighted by atomic mass is 32.2. The molecule has 0 aliphatic heterocycles. The first-order valence-electron chi connectivity index (χ1n) is 5.47. The van der Waals surface area contributed by atoms with Crippen LogP contribution in [0.4, 0.5) is 0 Å². The summed E-state index contributed by atoms with van der Waals surface area (Å²) in [6, 6.07) is 0. The van der Waals surface area contributed by atoms with E-state index in [0.717, 1.165) is 25.7 Å². The normalized spacial score (nSPS) is 21.3. The molecule has 0 aromatic rings. The van der Waals surface area contributed by atoms with Gasteiger partial charge in [-0.15, -0.1) is 0 Å². The van der Waals surface area contributed by atoms with E-state index in [0.29, 0.717) is 5.75 Å². The van der Waals surface area contributed by atoms with Gasteiger partial charge in [0.15, 0.2) is 0 Å². The molecule has 1 saturated carbocycles. The zero-order valence-corrected chi connectivity index (χ0v) is 9.78. The lowest BCUT2D eigenvalue weighted by Crippen LogP contribution is -2.36. The van der Waals surface area contributed by atoms with Gasteiger partial charge in [-0.1, -0.05) is 19.8 Å². The Morgan fingerprint density at radius 3 is 2.36 bits per heavy atom. The minimum Gasteiger partial charge on any atom is -0.325 e. The quantitative estimate of drug-likeness (QED) is 0.761. The molecule has 4 heteroatoms. The van der Waals surface area contributed by atoms with Crippen LogP contribution in [0.25, 0.3) is 0 Å². The van der Waals surface area contributed by atoms with Crippen molar-refractivity contribution >= 4 is 9.84 Å². The average Bonchev–Trinajstić information content (AvgIpc) is 2.52.